The molecule has 1 atom stereocenters. The molecule has 0 amide bonds. The molecule has 0 fully saturated rings. The van der Waals surface area contributed by atoms with Gasteiger partial charge in [-0.15, -0.1) is 0 Å². The lowest BCUT2D eigenvalue weighted by Gasteiger charge is -2.18. The predicted molar refractivity (Wildman–Crippen MR) is 69.9 cm³/mol. The van der Waals surface area contributed by atoms with E-state index in [4.69, 9.17) is 5.11 Å². The van der Waals surface area contributed by atoms with Gasteiger partial charge in [0.25, 0.3) is 0 Å². The summed E-state index contributed by atoms with van der Waals surface area (Å²) in [5, 5.41) is 13.2. The van der Waals surface area contributed by atoms with Crippen molar-refractivity contribution in [1.82, 2.24) is 14.8 Å². The molecule has 1 aliphatic heterocycles. The molecule has 0 bridgehead atoms. The summed E-state index contributed by atoms with van der Waals surface area (Å²) in [5.41, 5.74) is -0.257. The lowest BCUT2D eigenvalue weighted by Crippen LogP contribution is -2.27. The molecular formula is C14H12F3N3O2. The van der Waals surface area contributed by atoms with E-state index < -0.39 is 23.6 Å². The maximum atomic E-state index is 12.5. The number of fused-ring (bicyclic) bond motifs is 1. The molecule has 1 N–H and O–H groups in total. The molecule has 0 aliphatic carbocycles. The van der Waals surface area contributed by atoms with E-state index in [0.29, 0.717) is 30.1 Å². The quantitative estimate of drug-likeness (QED) is 0.925. The smallest absolute Gasteiger partial charge is 0.416 e. The number of carboxylic acids is 1. The van der Waals surface area contributed by atoms with Crippen LogP contribution in [-0.2, 0) is 23.9 Å². The monoisotopic (exact) mass is 311 g/mol. The molecule has 0 saturated carbocycles. The fourth-order valence-electron chi connectivity index (χ4n) is 2.44. The van der Waals surface area contributed by atoms with Crippen LogP contribution in [0.5, 0.6) is 0 Å². The van der Waals surface area contributed by atoms with Gasteiger partial charge in [0.15, 0.2) is 5.82 Å². The van der Waals surface area contributed by atoms with Crippen molar-refractivity contribution < 1.29 is 23.1 Å². The molecule has 5 nitrogen and oxygen atoms in total. The molecule has 116 valence electrons. The second kappa shape index (κ2) is 5.11. The first-order valence-electron chi connectivity index (χ1n) is 6.69. The van der Waals surface area contributed by atoms with E-state index in [1.807, 2.05) is 0 Å². The highest BCUT2D eigenvalue weighted by atomic mass is 19.4. The number of hydrogen-bond acceptors (Lipinski definition) is 3. The largest absolute Gasteiger partial charge is 0.481 e. The molecular weight excluding hydrogens is 299 g/mol. The normalized spacial score (nSPS) is 18.0. The van der Waals surface area contributed by atoms with Crippen molar-refractivity contribution in [3.63, 3.8) is 0 Å². The summed E-state index contributed by atoms with van der Waals surface area (Å²) in [6.07, 6.45) is -3.40. The summed E-state index contributed by atoms with van der Waals surface area (Å²) in [6.45, 7) is 0.234. The number of halogens is 3. The van der Waals surface area contributed by atoms with Crippen LogP contribution in [0.15, 0.2) is 24.3 Å². The van der Waals surface area contributed by atoms with E-state index >= 15 is 0 Å². The van der Waals surface area contributed by atoms with Crippen molar-refractivity contribution in [1.29, 1.82) is 0 Å². The Morgan fingerprint density at radius 1 is 1.27 bits per heavy atom. The minimum absolute atomic E-state index is 0.234. The number of nitrogens with zero attached hydrogens (tertiary/aromatic N) is 3. The lowest BCUT2D eigenvalue weighted by atomic mass is 10.0. The topological polar surface area (TPSA) is 68.0 Å². The zero-order valence-corrected chi connectivity index (χ0v) is 11.3. The van der Waals surface area contributed by atoms with Crippen molar-refractivity contribution >= 4 is 5.97 Å². The first-order valence-corrected chi connectivity index (χ1v) is 6.69. The highest BCUT2D eigenvalue weighted by molar-refractivity contribution is 5.70. The van der Waals surface area contributed by atoms with Gasteiger partial charge in [0.05, 0.1) is 18.0 Å². The number of benzene rings is 1. The van der Waals surface area contributed by atoms with E-state index in [9.17, 15) is 18.0 Å². The van der Waals surface area contributed by atoms with E-state index in [1.165, 1.54) is 16.8 Å². The molecule has 8 heteroatoms. The summed E-state index contributed by atoms with van der Waals surface area (Å²) in [4.78, 5) is 15.3. The second-order valence-electron chi connectivity index (χ2n) is 5.18. The average Bonchev–Trinajstić information content (AvgIpc) is 2.89. The molecule has 2 heterocycles. The molecule has 0 radical (unpaired) electrons. The van der Waals surface area contributed by atoms with Gasteiger partial charge in [-0.1, -0.05) is 12.1 Å². The van der Waals surface area contributed by atoms with Crippen LogP contribution < -0.4 is 0 Å². The van der Waals surface area contributed by atoms with Gasteiger partial charge in [0, 0.05) is 12.0 Å². The minimum Gasteiger partial charge on any atom is -0.481 e. The van der Waals surface area contributed by atoms with Crippen LogP contribution in [0, 0.1) is 5.92 Å². The van der Waals surface area contributed by atoms with Crippen molar-refractivity contribution in [2.24, 2.45) is 5.92 Å². The number of aliphatic carboxylic acids is 1. The van der Waals surface area contributed by atoms with Gasteiger partial charge in [-0.25, -0.2) is 9.67 Å². The van der Waals surface area contributed by atoms with Crippen LogP contribution in [0.2, 0.25) is 0 Å². The molecule has 22 heavy (non-hydrogen) atoms. The van der Waals surface area contributed by atoms with E-state index in [0.717, 1.165) is 12.1 Å². The average molecular weight is 311 g/mol. The van der Waals surface area contributed by atoms with Gasteiger partial charge in [0.2, 0.25) is 0 Å². The van der Waals surface area contributed by atoms with E-state index in [2.05, 4.69) is 10.1 Å². The highest BCUT2D eigenvalue weighted by Crippen LogP contribution is 2.30. The third-order valence-corrected chi connectivity index (χ3v) is 3.68. The van der Waals surface area contributed by atoms with Crippen LogP contribution in [0.25, 0.3) is 11.4 Å². The summed E-state index contributed by atoms with van der Waals surface area (Å²) in [7, 11) is 0. The first kappa shape index (κ1) is 14.6. The summed E-state index contributed by atoms with van der Waals surface area (Å²) >= 11 is 0. The Bertz CT molecular complexity index is 707. The second-order valence-corrected chi connectivity index (χ2v) is 5.18. The van der Waals surface area contributed by atoms with Gasteiger partial charge >= 0.3 is 12.1 Å². The molecule has 0 saturated heterocycles. The molecule has 2 aromatic rings. The number of hydrogen-bond donors (Lipinski definition) is 1. The fourth-order valence-corrected chi connectivity index (χ4v) is 2.44. The Hall–Kier alpha value is -2.38. The Balaban J connectivity index is 1.87. The Kier molecular flexibility index (Phi) is 3.38. The molecule has 1 aliphatic rings. The van der Waals surface area contributed by atoms with Crippen LogP contribution >= 0.6 is 0 Å². The SMILES string of the molecule is O=C(O)C1CCc2nc(-c3ccc(C(F)(F)F)cc3)nn2C1. The number of alkyl halides is 3. The maximum Gasteiger partial charge on any atom is 0.416 e. The maximum absolute atomic E-state index is 12.5. The van der Waals surface area contributed by atoms with Gasteiger partial charge in [-0.2, -0.15) is 18.3 Å². The Labute approximate surface area is 123 Å². The van der Waals surface area contributed by atoms with Gasteiger partial charge in [0.1, 0.15) is 5.82 Å². The standard InChI is InChI=1S/C14H12F3N3O2/c15-14(16,17)10-4-1-8(2-5-10)12-18-11-6-3-9(13(21)22)7-20(11)19-12/h1-2,4-5,9H,3,6-7H2,(H,21,22). The Morgan fingerprint density at radius 2 is 1.95 bits per heavy atom. The lowest BCUT2D eigenvalue weighted by molar-refractivity contribution is -0.143. The van der Waals surface area contributed by atoms with E-state index in [-0.39, 0.29) is 6.54 Å². The number of carbonyl (C=O) groups is 1. The van der Waals surface area contributed by atoms with Crippen LogP contribution in [-0.4, -0.2) is 25.8 Å². The van der Waals surface area contributed by atoms with Crippen molar-refractivity contribution in [2.75, 3.05) is 0 Å². The molecule has 1 aromatic heterocycles. The van der Waals surface area contributed by atoms with Crippen LogP contribution in [0.3, 0.4) is 0 Å². The molecule has 1 unspecified atom stereocenters. The Morgan fingerprint density at radius 3 is 2.55 bits per heavy atom. The zero-order valence-electron chi connectivity index (χ0n) is 11.3. The van der Waals surface area contributed by atoms with Crippen molar-refractivity contribution in [3.8, 4) is 11.4 Å². The molecule has 1 aromatic carbocycles. The number of carboxylic acid groups (broad SMARTS) is 1. The third kappa shape index (κ3) is 2.68. The van der Waals surface area contributed by atoms with Gasteiger partial charge in [-0.05, 0) is 18.6 Å². The molecule has 3 rings (SSSR count). The van der Waals surface area contributed by atoms with Crippen molar-refractivity contribution in [3.05, 3.63) is 35.7 Å². The third-order valence-electron chi connectivity index (χ3n) is 3.68. The summed E-state index contributed by atoms with van der Waals surface area (Å²) in [5.74, 6) is -0.408. The van der Waals surface area contributed by atoms with Gasteiger partial charge in [-0.3, -0.25) is 4.79 Å². The highest BCUT2D eigenvalue weighted by Gasteiger charge is 2.30. The number of rotatable bonds is 2. The number of aromatic nitrogens is 3. The van der Waals surface area contributed by atoms with Gasteiger partial charge < -0.3 is 5.11 Å². The number of aryl methyl sites for hydroxylation is 1. The molecule has 0 spiro atoms. The summed E-state index contributed by atoms with van der Waals surface area (Å²) in [6, 6.07) is 4.60. The van der Waals surface area contributed by atoms with Crippen molar-refractivity contribution in [2.45, 2.75) is 25.6 Å². The minimum atomic E-state index is -4.38. The predicted octanol–water partition coefficient (Wildman–Crippen LogP) is 2.61. The van der Waals surface area contributed by atoms with Crippen LogP contribution in [0.1, 0.15) is 17.8 Å². The summed E-state index contributed by atoms with van der Waals surface area (Å²) < 4.78 is 39.1. The first-order chi connectivity index (χ1) is 10.3. The zero-order chi connectivity index (χ0) is 15.9. The fraction of sp³-hybridized carbons (Fsp3) is 0.357. The van der Waals surface area contributed by atoms with E-state index in [1.54, 1.807) is 0 Å². The van der Waals surface area contributed by atoms with Crippen LogP contribution in [0.4, 0.5) is 13.2 Å².